The Bertz CT molecular complexity index is 426. The Kier molecular flexibility index (Phi) is 5.57. The van der Waals surface area contributed by atoms with E-state index in [1.165, 1.54) is 32.1 Å². The maximum atomic E-state index is 12.9. The second-order valence-corrected chi connectivity index (χ2v) is 7.38. The van der Waals surface area contributed by atoms with Crippen molar-refractivity contribution in [2.75, 3.05) is 32.7 Å². The van der Waals surface area contributed by atoms with E-state index in [1.807, 2.05) is 4.90 Å². The summed E-state index contributed by atoms with van der Waals surface area (Å²) in [6, 6.07) is 0. The Morgan fingerprint density at radius 2 is 1.74 bits per heavy atom. The maximum Gasteiger partial charge on any atom is 0.240 e. The van der Waals surface area contributed by atoms with Crippen LogP contribution in [0.25, 0.3) is 0 Å². The Hall–Kier alpha value is -1.10. The van der Waals surface area contributed by atoms with Gasteiger partial charge in [-0.3, -0.25) is 14.5 Å². The lowest BCUT2D eigenvalue weighted by molar-refractivity contribution is -0.135. The van der Waals surface area contributed by atoms with E-state index in [-0.39, 0.29) is 17.4 Å². The molecule has 1 N–H and O–H groups in total. The van der Waals surface area contributed by atoms with Crippen molar-refractivity contribution in [2.45, 2.75) is 69.7 Å². The van der Waals surface area contributed by atoms with Gasteiger partial charge in [-0.25, -0.2) is 0 Å². The number of likely N-dealkylation sites (tertiary alicyclic amines) is 2. The summed E-state index contributed by atoms with van der Waals surface area (Å²) in [5, 5.41) is 3.19. The molecule has 3 rings (SSSR count). The van der Waals surface area contributed by atoms with Gasteiger partial charge in [-0.1, -0.05) is 19.3 Å². The zero-order chi connectivity index (χ0) is 16.1. The minimum Gasteiger partial charge on any atom is -0.354 e. The Labute approximate surface area is 139 Å². The Morgan fingerprint density at radius 3 is 2.39 bits per heavy atom. The molecule has 2 heterocycles. The van der Waals surface area contributed by atoms with Gasteiger partial charge in [0.05, 0.1) is 0 Å². The summed E-state index contributed by atoms with van der Waals surface area (Å²) in [5.74, 6) is 0.518. The quantitative estimate of drug-likeness (QED) is 0.761. The van der Waals surface area contributed by atoms with Crippen LogP contribution in [-0.2, 0) is 9.59 Å². The van der Waals surface area contributed by atoms with Crippen molar-refractivity contribution in [1.82, 2.24) is 15.1 Å². The van der Waals surface area contributed by atoms with E-state index < -0.39 is 0 Å². The molecular weight excluding hydrogens is 290 g/mol. The maximum absolute atomic E-state index is 12.9. The van der Waals surface area contributed by atoms with Crippen LogP contribution >= 0.6 is 0 Å². The van der Waals surface area contributed by atoms with E-state index in [2.05, 4.69) is 10.2 Å². The third-order valence-electron chi connectivity index (χ3n) is 5.88. The first kappa shape index (κ1) is 16.7. The van der Waals surface area contributed by atoms with Gasteiger partial charge in [-0.05, 0) is 51.6 Å². The van der Waals surface area contributed by atoms with Crippen LogP contribution in [-0.4, -0.2) is 59.9 Å². The molecule has 3 aliphatic rings. The molecule has 0 atom stereocenters. The lowest BCUT2D eigenvalue weighted by Crippen LogP contribution is -2.59. The van der Waals surface area contributed by atoms with Crippen LogP contribution in [0.3, 0.4) is 0 Å². The van der Waals surface area contributed by atoms with Crippen LogP contribution in [0.5, 0.6) is 0 Å². The fourth-order valence-corrected chi connectivity index (χ4v) is 4.55. The van der Waals surface area contributed by atoms with Crippen molar-refractivity contribution in [3.63, 3.8) is 0 Å². The van der Waals surface area contributed by atoms with Gasteiger partial charge in [0.1, 0.15) is 5.54 Å². The molecule has 0 unspecified atom stereocenters. The summed E-state index contributed by atoms with van der Waals surface area (Å²) in [4.78, 5) is 28.9. The molecule has 2 aliphatic heterocycles. The molecule has 1 aliphatic carbocycles. The molecule has 2 amide bonds. The summed E-state index contributed by atoms with van der Waals surface area (Å²) in [5.41, 5.74) is -0.238. The fraction of sp³-hybridized carbons (Fsp3) is 0.889. The number of amides is 2. The van der Waals surface area contributed by atoms with Gasteiger partial charge in [0.15, 0.2) is 0 Å². The highest BCUT2D eigenvalue weighted by Crippen LogP contribution is 2.36. The minimum absolute atomic E-state index is 0.238. The minimum atomic E-state index is -0.238. The van der Waals surface area contributed by atoms with Crippen molar-refractivity contribution in [3.05, 3.63) is 0 Å². The van der Waals surface area contributed by atoms with E-state index in [9.17, 15) is 9.59 Å². The highest BCUT2D eigenvalue weighted by molar-refractivity contribution is 5.86. The Balaban J connectivity index is 1.49. The van der Waals surface area contributed by atoms with Gasteiger partial charge in [0, 0.05) is 26.1 Å². The van der Waals surface area contributed by atoms with Crippen LogP contribution in [0.1, 0.15) is 64.2 Å². The Morgan fingerprint density at radius 1 is 1.00 bits per heavy atom. The topological polar surface area (TPSA) is 52.7 Å². The smallest absolute Gasteiger partial charge is 0.240 e. The second-order valence-electron chi connectivity index (χ2n) is 7.38. The third-order valence-corrected chi connectivity index (χ3v) is 5.88. The molecule has 23 heavy (non-hydrogen) atoms. The number of carbonyl (C=O) groups excluding carboxylic acids is 2. The summed E-state index contributed by atoms with van der Waals surface area (Å²) >= 11 is 0. The summed E-state index contributed by atoms with van der Waals surface area (Å²) in [7, 11) is 0. The number of nitrogens with one attached hydrogen (secondary N) is 1. The highest BCUT2D eigenvalue weighted by atomic mass is 16.2. The third kappa shape index (κ3) is 3.70. The lowest BCUT2D eigenvalue weighted by atomic mass is 9.79. The fourth-order valence-electron chi connectivity index (χ4n) is 4.55. The van der Waals surface area contributed by atoms with Crippen molar-refractivity contribution in [3.8, 4) is 0 Å². The molecule has 0 aromatic rings. The van der Waals surface area contributed by atoms with Crippen LogP contribution in [0.4, 0.5) is 0 Å². The number of rotatable bonds is 6. The van der Waals surface area contributed by atoms with E-state index in [4.69, 9.17) is 0 Å². The van der Waals surface area contributed by atoms with Crippen LogP contribution in [0.2, 0.25) is 0 Å². The number of nitrogens with zero attached hydrogens (tertiary/aromatic N) is 2. The van der Waals surface area contributed by atoms with E-state index >= 15 is 0 Å². The first-order valence-corrected chi connectivity index (χ1v) is 9.53. The lowest BCUT2D eigenvalue weighted by Gasteiger charge is -2.43. The summed E-state index contributed by atoms with van der Waals surface area (Å²) in [6.07, 6.45) is 10.7. The van der Waals surface area contributed by atoms with Crippen molar-refractivity contribution >= 4 is 11.8 Å². The number of hydrogen-bond acceptors (Lipinski definition) is 3. The first-order valence-electron chi connectivity index (χ1n) is 9.53. The zero-order valence-corrected chi connectivity index (χ0v) is 14.3. The largest absolute Gasteiger partial charge is 0.354 e. The zero-order valence-electron chi connectivity index (χ0n) is 14.3. The molecule has 2 saturated heterocycles. The normalized spacial score (nSPS) is 25.0. The SMILES string of the molecule is O=C1CCCN1CCCNC(=O)C1(N2CCCC2)CCCCC1. The average Bonchev–Trinajstić information content (AvgIpc) is 3.24. The van der Waals surface area contributed by atoms with E-state index in [0.29, 0.717) is 13.0 Å². The van der Waals surface area contributed by atoms with E-state index in [1.54, 1.807) is 0 Å². The summed E-state index contributed by atoms with van der Waals surface area (Å²) < 4.78 is 0. The molecule has 130 valence electrons. The molecule has 0 aromatic heterocycles. The van der Waals surface area contributed by atoms with Gasteiger partial charge >= 0.3 is 0 Å². The van der Waals surface area contributed by atoms with Gasteiger partial charge in [0.2, 0.25) is 11.8 Å². The molecule has 0 aromatic carbocycles. The standard InChI is InChI=1S/C18H31N3O2/c22-16-8-6-12-20(16)13-7-11-19-17(23)18(9-2-1-3-10-18)21-14-4-5-15-21/h1-15H2,(H,19,23). The predicted octanol–water partition coefficient (Wildman–Crippen LogP) is 1.91. The first-order chi connectivity index (χ1) is 11.2. The number of hydrogen-bond donors (Lipinski definition) is 1. The van der Waals surface area contributed by atoms with Crippen molar-refractivity contribution < 1.29 is 9.59 Å². The molecular formula is C18H31N3O2. The van der Waals surface area contributed by atoms with Gasteiger partial charge in [-0.2, -0.15) is 0 Å². The molecule has 5 heteroatoms. The van der Waals surface area contributed by atoms with Gasteiger partial charge in [-0.15, -0.1) is 0 Å². The summed E-state index contributed by atoms with van der Waals surface area (Å²) in [6.45, 7) is 4.53. The van der Waals surface area contributed by atoms with Gasteiger partial charge < -0.3 is 10.2 Å². The number of carbonyl (C=O) groups is 2. The van der Waals surface area contributed by atoms with Crippen LogP contribution < -0.4 is 5.32 Å². The molecule has 0 bridgehead atoms. The second kappa shape index (κ2) is 7.65. The van der Waals surface area contributed by atoms with Crippen molar-refractivity contribution in [1.29, 1.82) is 0 Å². The van der Waals surface area contributed by atoms with Crippen LogP contribution in [0.15, 0.2) is 0 Å². The predicted molar refractivity (Wildman–Crippen MR) is 90.1 cm³/mol. The monoisotopic (exact) mass is 321 g/mol. The highest BCUT2D eigenvalue weighted by Gasteiger charge is 2.45. The van der Waals surface area contributed by atoms with Crippen LogP contribution in [0, 0.1) is 0 Å². The van der Waals surface area contributed by atoms with Crippen molar-refractivity contribution in [2.24, 2.45) is 0 Å². The molecule has 1 saturated carbocycles. The molecule has 0 spiro atoms. The van der Waals surface area contributed by atoms with Gasteiger partial charge in [0.25, 0.3) is 0 Å². The molecule has 0 radical (unpaired) electrons. The molecule has 5 nitrogen and oxygen atoms in total. The molecule has 3 fully saturated rings. The average molecular weight is 321 g/mol. The van der Waals surface area contributed by atoms with E-state index in [0.717, 1.165) is 51.9 Å².